The number of ketones is 1. The second-order valence-corrected chi connectivity index (χ2v) is 6.19. The van der Waals surface area contributed by atoms with Crippen LogP contribution in [0.2, 0.25) is 0 Å². The molecule has 3 nitrogen and oxygen atoms in total. The smallest absolute Gasteiger partial charge is 0.299 e. The van der Waals surface area contributed by atoms with Crippen molar-refractivity contribution in [3.05, 3.63) is 28.2 Å². The van der Waals surface area contributed by atoms with Gasteiger partial charge in [0, 0.05) is 16.3 Å². The summed E-state index contributed by atoms with van der Waals surface area (Å²) >= 11 is 6.83. The van der Waals surface area contributed by atoms with Crippen LogP contribution in [0.25, 0.3) is 0 Å². The molecule has 1 aliphatic heterocycles. The van der Waals surface area contributed by atoms with E-state index in [0.29, 0.717) is 22.5 Å². The Bertz CT molecular complexity index is 516. The van der Waals surface area contributed by atoms with Gasteiger partial charge in [0.05, 0.1) is 11.3 Å². The molecule has 1 heterocycles. The molecule has 1 aromatic carbocycles. The van der Waals surface area contributed by atoms with E-state index in [-0.39, 0.29) is 0 Å². The van der Waals surface area contributed by atoms with Gasteiger partial charge in [-0.1, -0.05) is 35.3 Å². The molecule has 0 spiro atoms. The van der Waals surface area contributed by atoms with Crippen LogP contribution in [0.15, 0.2) is 22.7 Å². The summed E-state index contributed by atoms with van der Waals surface area (Å²) in [6, 6.07) is 5.48. The lowest BCUT2D eigenvalue weighted by molar-refractivity contribution is -0.114. The number of anilines is 1. The molecule has 0 fully saturated rings. The maximum Gasteiger partial charge on any atom is 0.299 e. The molecule has 0 radical (unpaired) electrons. The number of carbonyl (C=O) groups excluding carboxylic acids is 2. The Morgan fingerprint density at radius 3 is 2.68 bits per heavy atom. The molecule has 1 unspecified atom stereocenters. The van der Waals surface area contributed by atoms with E-state index in [1.165, 1.54) is 0 Å². The molecule has 0 aliphatic carbocycles. The van der Waals surface area contributed by atoms with Crippen LogP contribution in [0.5, 0.6) is 0 Å². The molecule has 0 saturated carbocycles. The fourth-order valence-corrected chi connectivity index (χ4v) is 3.43. The van der Waals surface area contributed by atoms with Crippen molar-refractivity contribution in [1.82, 2.24) is 0 Å². The molecule has 2 rings (SSSR count). The van der Waals surface area contributed by atoms with Crippen molar-refractivity contribution in [2.75, 3.05) is 16.8 Å². The molecule has 0 N–H and O–H groups in total. The summed E-state index contributed by atoms with van der Waals surface area (Å²) in [6.07, 6.45) is 2.10. The van der Waals surface area contributed by atoms with Crippen molar-refractivity contribution in [2.24, 2.45) is 5.92 Å². The lowest BCUT2D eigenvalue weighted by Crippen LogP contribution is -2.34. The molecule has 19 heavy (non-hydrogen) atoms. The molecule has 1 aromatic rings. The van der Waals surface area contributed by atoms with E-state index in [2.05, 4.69) is 38.8 Å². The summed E-state index contributed by atoms with van der Waals surface area (Å²) in [5.41, 5.74) is 1.23. The third-order valence-electron chi connectivity index (χ3n) is 3.30. The van der Waals surface area contributed by atoms with E-state index in [4.69, 9.17) is 0 Å². The molecule has 1 aliphatic rings. The highest BCUT2D eigenvalue weighted by molar-refractivity contribution is 9.10. The molecule has 0 saturated heterocycles. The zero-order chi connectivity index (χ0) is 14.0. The number of hydrogen-bond donors (Lipinski definition) is 0. The molecular formula is C14H15Br2NO2. The molecule has 5 heteroatoms. The van der Waals surface area contributed by atoms with Crippen LogP contribution < -0.4 is 4.90 Å². The summed E-state index contributed by atoms with van der Waals surface area (Å²) < 4.78 is 0.691. The van der Waals surface area contributed by atoms with Crippen molar-refractivity contribution in [1.29, 1.82) is 0 Å². The van der Waals surface area contributed by atoms with E-state index in [1.54, 1.807) is 11.0 Å². The van der Waals surface area contributed by atoms with Crippen LogP contribution >= 0.6 is 31.9 Å². The predicted octanol–water partition coefficient (Wildman–Crippen LogP) is 3.79. The number of rotatable bonds is 5. The molecule has 1 atom stereocenters. The minimum atomic E-state index is -0.413. The Morgan fingerprint density at radius 1 is 1.32 bits per heavy atom. The molecule has 1 amide bonds. The first-order valence-corrected chi connectivity index (χ1v) is 8.22. The summed E-state index contributed by atoms with van der Waals surface area (Å²) in [4.78, 5) is 25.7. The van der Waals surface area contributed by atoms with E-state index in [1.807, 2.05) is 12.1 Å². The van der Waals surface area contributed by atoms with E-state index in [0.717, 1.165) is 23.9 Å². The molecular weight excluding hydrogens is 374 g/mol. The second-order valence-electron chi connectivity index (χ2n) is 4.69. The number of carbonyl (C=O) groups is 2. The Balaban J connectivity index is 2.31. The zero-order valence-corrected chi connectivity index (χ0v) is 13.8. The predicted molar refractivity (Wildman–Crippen MR) is 83.0 cm³/mol. The average Bonchev–Trinajstić information content (AvgIpc) is 2.64. The molecule has 102 valence electrons. The van der Waals surface area contributed by atoms with Gasteiger partial charge >= 0.3 is 0 Å². The standard InChI is InChI=1S/C14H15Br2NO2/c1-2-4-9(7-15)8-17-11-6-3-5-10(16)12(11)13(18)14(17)19/h3,5-6,9H,2,4,7-8H2,1H3. The number of amides is 1. The largest absolute Gasteiger partial charge is 0.304 e. The van der Waals surface area contributed by atoms with E-state index >= 15 is 0 Å². The Kier molecular flexibility index (Phi) is 4.79. The zero-order valence-electron chi connectivity index (χ0n) is 10.7. The first kappa shape index (κ1) is 14.7. The van der Waals surface area contributed by atoms with Gasteiger partial charge in [-0.15, -0.1) is 0 Å². The average molecular weight is 389 g/mol. The van der Waals surface area contributed by atoms with Gasteiger partial charge in [0.25, 0.3) is 11.7 Å². The Hall–Kier alpha value is -0.680. The minimum Gasteiger partial charge on any atom is -0.304 e. The van der Waals surface area contributed by atoms with E-state index in [9.17, 15) is 9.59 Å². The SMILES string of the molecule is CCCC(CBr)CN1C(=O)C(=O)c2c(Br)cccc21. The van der Waals surface area contributed by atoms with Gasteiger partial charge in [0.2, 0.25) is 0 Å². The monoisotopic (exact) mass is 387 g/mol. The van der Waals surface area contributed by atoms with Crippen molar-refractivity contribution in [3.63, 3.8) is 0 Å². The van der Waals surface area contributed by atoms with Crippen LogP contribution in [0.3, 0.4) is 0 Å². The van der Waals surface area contributed by atoms with Gasteiger partial charge < -0.3 is 4.90 Å². The highest BCUT2D eigenvalue weighted by atomic mass is 79.9. The lowest BCUT2D eigenvalue weighted by Gasteiger charge is -2.22. The number of halogens is 2. The first-order valence-electron chi connectivity index (χ1n) is 6.30. The van der Waals surface area contributed by atoms with Gasteiger partial charge in [-0.2, -0.15) is 0 Å². The van der Waals surface area contributed by atoms with Crippen LogP contribution in [0, 0.1) is 5.92 Å². The third-order valence-corrected chi connectivity index (χ3v) is 4.88. The molecule has 0 aromatic heterocycles. The van der Waals surface area contributed by atoms with Crippen molar-refractivity contribution >= 4 is 49.2 Å². The van der Waals surface area contributed by atoms with Gasteiger partial charge in [-0.05, 0) is 40.4 Å². The van der Waals surface area contributed by atoms with Gasteiger partial charge in [0.15, 0.2) is 0 Å². The number of Topliss-reactive ketones (excluding diaryl/α,β-unsaturated/α-hetero) is 1. The topological polar surface area (TPSA) is 37.4 Å². The van der Waals surface area contributed by atoms with Crippen molar-refractivity contribution in [3.8, 4) is 0 Å². The normalized spacial score (nSPS) is 15.8. The Labute approximate surface area is 129 Å². The van der Waals surface area contributed by atoms with Crippen LogP contribution in [0.1, 0.15) is 30.1 Å². The maximum atomic E-state index is 12.1. The van der Waals surface area contributed by atoms with Crippen LogP contribution in [-0.4, -0.2) is 23.6 Å². The van der Waals surface area contributed by atoms with E-state index < -0.39 is 11.7 Å². The van der Waals surface area contributed by atoms with Crippen LogP contribution in [0.4, 0.5) is 5.69 Å². The summed E-state index contributed by atoms with van der Waals surface area (Å²) in [7, 11) is 0. The highest BCUT2D eigenvalue weighted by Crippen LogP contribution is 2.35. The van der Waals surface area contributed by atoms with Gasteiger partial charge in [0.1, 0.15) is 0 Å². The van der Waals surface area contributed by atoms with Gasteiger partial charge in [-0.3, -0.25) is 9.59 Å². The number of hydrogen-bond acceptors (Lipinski definition) is 2. The lowest BCUT2D eigenvalue weighted by atomic mass is 10.1. The minimum absolute atomic E-state index is 0.367. The van der Waals surface area contributed by atoms with Crippen LogP contribution in [-0.2, 0) is 4.79 Å². The maximum absolute atomic E-state index is 12.1. The van der Waals surface area contributed by atoms with Crippen molar-refractivity contribution in [2.45, 2.75) is 19.8 Å². The second kappa shape index (κ2) is 6.18. The van der Waals surface area contributed by atoms with Crippen molar-refractivity contribution < 1.29 is 9.59 Å². The fourth-order valence-electron chi connectivity index (χ4n) is 2.37. The molecule has 0 bridgehead atoms. The van der Waals surface area contributed by atoms with Gasteiger partial charge in [-0.25, -0.2) is 0 Å². The number of alkyl halides is 1. The highest BCUT2D eigenvalue weighted by Gasteiger charge is 2.37. The fraction of sp³-hybridized carbons (Fsp3) is 0.429. The summed E-state index contributed by atoms with van der Waals surface area (Å²) in [6.45, 7) is 2.71. The quantitative estimate of drug-likeness (QED) is 0.568. The summed E-state index contributed by atoms with van der Waals surface area (Å²) in [5.74, 6) is -0.456. The summed E-state index contributed by atoms with van der Waals surface area (Å²) in [5, 5.41) is 0.835. The Morgan fingerprint density at radius 2 is 2.05 bits per heavy atom. The first-order chi connectivity index (χ1) is 9.10. The number of fused-ring (bicyclic) bond motifs is 1. The number of benzene rings is 1. The number of nitrogens with zero attached hydrogens (tertiary/aromatic N) is 1. The third kappa shape index (κ3) is 2.77.